The summed E-state index contributed by atoms with van der Waals surface area (Å²) in [5.74, 6) is -0.469. The van der Waals surface area contributed by atoms with Crippen LogP contribution in [0.4, 0.5) is 10.2 Å². The fourth-order valence-electron chi connectivity index (χ4n) is 6.66. The number of aromatic nitrogens is 2. The maximum absolute atomic E-state index is 14.9. The maximum atomic E-state index is 14.9. The number of fused-ring (bicyclic) bond motifs is 3. The van der Waals surface area contributed by atoms with Crippen LogP contribution in [0, 0.1) is 16.6 Å². The van der Waals surface area contributed by atoms with E-state index >= 15 is 0 Å². The summed E-state index contributed by atoms with van der Waals surface area (Å²) in [6.07, 6.45) is 7.55. The predicted molar refractivity (Wildman–Crippen MR) is 136 cm³/mol. The molecule has 2 saturated carbocycles. The number of hydrogen-bond donors (Lipinski definition) is 2. The third kappa shape index (κ3) is 4.21. The van der Waals surface area contributed by atoms with Crippen molar-refractivity contribution in [1.82, 2.24) is 15.5 Å². The fourth-order valence-corrected chi connectivity index (χ4v) is 6.66. The van der Waals surface area contributed by atoms with Gasteiger partial charge in [-0.1, -0.05) is 26.3 Å². The topological polar surface area (TPSA) is 78.4 Å². The smallest absolute Gasteiger partial charge is 0.254 e. The highest BCUT2D eigenvalue weighted by Crippen LogP contribution is 2.56. The number of nitrogens with one attached hydrogen (secondary N) is 1. The highest BCUT2D eigenvalue weighted by atomic mass is 19.1. The molecule has 0 unspecified atom stereocenters. The van der Waals surface area contributed by atoms with Crippen molar-refractivity contribution in [3.05, 3.63) is 47.8 Å². The van der Waals surface area contributed by atoms with Gasteiger partial charge in [-0.2, -0.15) is 0 Å². The number of carbonyl (C=O) groups is 1. The molecule has 0 aliphatic heterocycles. The van der Waals surface area contributed by atoms with Crippen LogP contribution < -0.4 is 10.2 Å². The quantitative estimate of drug-likeness (QED) is 0.506. The minimum atomic E-state index is -0.661. The molecule has 2 fully saturated rings. The molecular weight excluding hydrogens is 443 g/mol. The van der Waals surface area contributed by atoms with Crippen LogP contribution in [-0.4, -0.2) is 41.3 Å². The summed E-state index contributed by atoms with van der Waals surface area (Å²) in [6.45, 7) is 4.87. The van der Waals surface area contributed by atoms with Crippen LogP contribution in [0.3, 0.4) is 0 Å². The standard InChI is InChI=1S/C28H33FN4O2/c1-27-10-5-11-28(2,16-27)15-18(14-27)33(4)24-9-8-22(31-32-24)21-12-17-6-7-19(26(35)30-3)25(29)20(17)13-23(21)34/h6-9,12-13,18,34H,5,10-11,14-16H2,1-4H3,(H,30,35)/t18-,27-,28+. The van der Waals surface area contributed by atoms with Crippen LogP contribution in [0.15, 0.2) is 36.4 Å². The molecule has 184 valence electrons. The van der Waals surface area contributed by atoms with Crippen LogP contribution in [-0.2, 0) is 0 Å². The number of hydrogen-bond acceptors (Lipinski definition) is 5. The maximum Gasteiger partial charge on any atom is 0.254 e. The van der Waals surface area contributed by atoms with Crippen molar-refractivity contribution >= 4 is 22.5 Å². The number of rotatable bonds is 4. The molecule has 35 heavy (non-hydrogen) atoms. The number of phenols is 1. The van der Waals surface area contributed by atoms with E-state index < -0.39 is 11.7 Å². The van der Waals surface area contributed by atoms with E-state index in [-0.39, 0.29) is 16.7 Å². The highest BCUT2D eigenvalue weighted by Gasteiger charge is 2.47. The summed E-state index contributed by atoms with van der Waals surface area (Å²) in [5, 5.41) is 22.7. The van der Waals surface area contributed by atoms with Crippen molar-refractivity contribution in [2.45, 2.75) is 58.4 Å². The second-order valence-electron chi connectivity index (χ2n) is 11.2. The van der Waals surface area contributed by atoms with E-state index in [2.05, 4.69) is 41.3 Å². The summed E-state index contributed by atoms with van der Waals surface area (Å²) >= 11 is 0. The molecule has 2 N–H and O–H groups in total. The van der Waals surface area contributed by atoms with Gasteiger partial charge in [-0.25, -0.2) is 4.39 Å². The van der Waals surface area contributed by atoms with E-state index in [1.165, 1.54) is 44.9 Å². The minimum Gasteiger partial charge on any atom is -0.507 e. The van der Waals surface area contributed by atoms with E-state index in [1.807, 2.05) is 12.1 Å². The zero-order valence-corrected chi connectivity index (χ0v) is 20.9. The van der Waals surface area contributed by atoms with Gasteiger partial charge in [-0.3, -0.25) is 4.79 Å². The number of aromatic hydroxyl groups is 1. The first-order valence-electron chi connectivity index (χ1n) is 12.4. The first-order chi connectivity index (χ1) is 16.6. The lowest BCUT2D eigenvalue weighted by Gasteiger charge is -2.54. The predicted octanol–water partition coefficient (Wildman–Crippen LogP) is 5.69. The average molecular weight is 477 g/mol. The minimum absolute atomic E-state index is 0.0612. The van der Waals surface area contributed by atoms with Gasteiger partial charge in [0, 0.05) is 31.1 Å². The third-order valence-electron chi connectivity index (χ3n) is 8.25. The molecule has 3 atom stereocenters. The van der Waals surface area contributed by atoms with Gasteiger partial charge >= 0.3 is 0 Å². The lowest BCUT2D eigenvalue weighted by molar-refractivity contribution is 0.0141. The van der Waals surface area contributed by atoms with Gasteiger partial charge in [0.2, 0.25) is 0 Å². The molecule has 0 spiro atoms. The van der Waals surface area contributed by atoms with Gasteiger partial charge in [0.05, 0.1) is 11.3 Å². The van der Waals surface area contributed by atoms with Crippen molar-refractivity contribution < 1.29 is 14.3 Å². The Morgan fingerprint density at radius 2 is 1.83 bits per heavy atom. The first kappa shape index (κ1) is 23.5. The molecule has 7 heteroatoms. The molecule has 2 aromatic carbocycles. The number of halogens is 1. The van der Waals surface area contributed by atoms with Crippen molar-refractivity contribution in [3.63, 3.8) is 0 Å². The van der Waals surface area contributed by atoms with E-state index in [0.717, 1.165) is 18.7 Å². The molecule has 0 saturated heterocycles. The molecule has 2 bridgehead atoms. The second-order valence-corrected chi connectivity index (χ2v) is 11.2. The second kappa shape index (κ2) is 8.47. The van der Waals surface area contributed by atoms with Gasteiger partial charge in [0.1, 0.15) is 11.6 Å². The molecule has 2 aliphatic rings. The Labute approximate surface area is 205 Å². The van der Waals surface area contributed by atoms with Crippen LogP contribution in [0.1, 0.15) is 62.7 Å². The number of carbonyl (C=O) groups excluding carboxylic acids is 1. The monoisotopic (exact) mass is 476 g/mol. The van der Waals surface area contributed by atoms with Gasteiger partial charge < -0.3 is 15.3 Å². The molecule has 1 aromatic heterocycles. The molecule has 1 heterocycles. The summed E-state index contributed by atoms with van der Waals surface area (Å²) < 4.78 is 14.9. The molecule has 0 radical (unpaired) electrons. The Balaban J connectivity index is 1.42. The summed E-state index contributed by atoms with van der Waals surface area (Å²) in [4.78, 5) is 14.2. The number of anilines is 1. The number of amides is 1. The molecule has 5 rings (SSSR count). The Bertz CT molecular complexity index is 1280. The molecule has 3 aromatic rings. The third-order valence-corrected chi connectivity index (χ3v) is 8.25. The van der Waals surface area contributed by atoms with Crippen molar-refractivity contribution in [2.24, 2.45) is 10.8 Å². The van der Waals surface area contributed by atoms with Gasteiger partial charge in [0.25, 0.3) is 5.91 Å². The van der Waals surface area contributed by atoms with E-state index in [9.17, 15) is 14.3 Å². The Kier molecular flexibility index (Phi) is 5.69. The Morgan fingerprint density at radius 3 is 2.46 bits per heavy atom. The SMILES string of the molecule is CNC(=O)c1ccc2cc(-c3ccc(N(C)[C@H]4C[C@]5(C)CCC[C@](C)(C4)C5)nn3)c(O)cc2c1F. The fraction of sp³-hybridized carbons (Fsp3) is 0.464. The van der Waals surface area contributed by atoms with Crippen LogP contribution in [0.25, 0.3) is 22.0 Å². The molecule has 2 aliphatic carbocycles. The molecule has 1 amide bonds. The lowest BCUT2D eigenvalue weighted by Crippen LogP contribution is -2.49. The summed E-state index contributed by atoms with van der Waals surface area (Å²) in [6, 6.07) is 10.4. The average Bonchev–Trinajstić information content (AvgIpc) is 2.82. The van der Waals surface area contributed by atoms with Crippen LogP contribution in [0.2, 0.25) is 0 Å². The lowest BCUT2D eigenvalue weighted by atomic mass is 9.55. The van der Waals surface area contributed by atoms with Crippen molar-refractivity contribution in [2.75, 3.05) is 19.0 Å². The molecule has 6 nitrogen and oxygen atoms in total. The highest BCUT2D eigenvalue weighted by molar-refractivity contribution is 6.00. The number of benzene rings is 2. The van der Waals surface area contributed by atoms with Crippen molar-refractivity contribution in [3.8, 4) is 17.0 Å². The Hall–Kier alpha value is -3.22. The van der Waals surface area contributed by atoms with E-state index in [0.29, 0.717) is 33.5 Å². The van der Waals surface area contributed by atoms with E-state index in [1.54, 1.807) is 12.1 Å². The van der Waals surface area contributed by atoms with Gasteiger partial charge in [0.15, 0.2) is 5.82 Å². The summed E-state index contributed by atoms with van der Waals surface area (Å²) in [7, 11) is 3.55. The van der Waals surface area contributed by atoms with Gasteiger partial charge in [-0.05, 0) is 78.7 Å². The Morgan fingerprint density at radius 1 is 1.11 bits per heavy atom. The van der Waals surface area contributed by atoms with Crippen molar-refractivity contribution in [1.29, 1.82) is 0 Å². The zero-order chi connectivity index (χ0) is 25.0. The van der Waals surface area contributed by atoms with Gasteiger partial charge in [-0.15, -0.1) is 10.2 Å². The van der Waals surface area contributed by atoms with Crippen LogP contribution in [0.5, 0.6) is 5.75 Å². The number of phenolic OH excluding ortho intramolecular Hbond substituents is 1. The largest absolute Gasteiger partial charge is 0.507 e. The zero-order valence-electron chi connectivity index (χ0n) is 20.9. The van der Waals surface area contributed by atoms with Crippen LogP contribution >= 0.6 is 0 Å². The first-order valence-corrected chi connectivity index (χ1v) is 12.4. The molecular formula is C28H33FN4O2. The number of nitrogens with zero attached hydrogens (tertiary/aromatic N) is 3. The summed E-state index contributed by atoms with van der Waals surface area (Å²) in [5.41, 5.74) is 1.70. The van der Waals surface area contributed by atoms with E-state index in [4.69, 9.17) is 0 Å². The normalized spacial score (nSPS) is 25.9.